The summed E-state index contributed by atoms with van der Waals surface area (Å²) in [6, 6.07) is 7.38. The predicted molar refractivity (Wildman–Crippen MR) is 73.8 cm³/mol. The third kappa shape index (κ3) is 3.73. The molecule has 0 atom stereocenters. The fourth-order valence-electron chi connectivity index (χ4n) is 1.24. The van der Waals surface area contributed by atoms with E-state index in [-0.39, 0.29) is 10.8 Å². The van der Waals surface area contributed by atoms with E-state index in [9.17, 15) is 8.42 Å². The van der Waals surface area contributed by atoms with Crippen LogP contribution in [0.3, 0.4) is 0 Å². The summed E-state index contributed by atoms with van der Waals surface area (Å²) in [5.74, 6) is 0.549. The summed E-state index contributed by atoms with van der Waals surface area (Å²) in [6.45, 7) is 0. The van der Waals surface area contributed by atoms with Gasteiger partial charge in [0.1, 0.15) is 10.6 Å². The Morgan fingerprint density at radius 2 is 1.84 bits per heavy atom. The second kappa shape index (κ2) is 5.54. The summed E-state index contributed by atoms with van der Waals surface area (Å²) < 4.78 is 27.5. The van der Waals surface area contributed by atoms with Gasteiger partial charge in [0.2, 0.25) is 5.88 Å². The normalized spacial score (nSPS) is 11.3. The Hall–Kier alpha value is -1.01. The van der Waals surface area contributed by atoms with E-state index >= 15 is 0 Å². The van der Waals surface area contributed by atoms with Crippen LogP contribution in [-0.2, 0) is 9.05 Å². The molecule has 2 rings (SSSR count). The molecule has 0 radical (unpaired) electrons. The molecule has 8 heteroatoms. The first-order chi connectivity index (χ1) is 8.86. The van der Waals surface area contributed by atoms with E-state index in [2.05, 4.69) is 4.98 Å². The highest BCUT2D eigenvalue weighted by Gasteiger charge is 2.11. The SMILES string of the molecule is O=S(=O)(Cl)c1ccc(Oc2ccc(Cl)cc2Cl)nc1. The molecule has 0 aliphatic carbocycles. The Balaban J connectivity index is 2.25. The third-order valence-corrected chi connectivity index (χ3v) is 3.97. The van der Waals surface area contributed by atoms with Gasteiger partial charge in [-0.1, -0.05) is 23.2 Å². The van der Waals surface area contributed by atoms with Crippen LogP contribution >= 0.6 is 33.9 Å². The van der Waals surface area contributed by atoms with Crippen LogP contribution in [0.1, 0.15) is 0 Å². The molecular formula is C11H6Cl3NO3S. The molecule has 100 valence electrons. The van der Waals surface area contributed by atoms with Gasteiger partial charge in [-0.15, -0.1) is 0 Å². The molecule has 1 aromatic carbocycles. The van der Waals surface area contributed by atoms with Gasteiger partial charge in [-0.3, -0.25) is 0 Å². The summed E-state index contributed by atoms with van der Waals surface area (Å²) >= 11 is 11.7. The maximum atomic E-state index is 11.0. The maximum absolute atomic E-state index is 11.0. The molecule has 0 spiro atoms. The van der Waals surface area contributed by atoms with Gasteiger partial charge in [0.15, 0.2) is 0 Å². The van der Waals surface area contributed by atoms with Crippen LogP contribution in [0, 0.1) is 0 Å². The topological polar surface area (TPSA) is 56.3 Å². The summed E-state index contributed by atoms with van der Waals surface area (Å²) in [5, 5.41) is 0.803. The standard InChI is InChI=1S/C11H6Cl3NO3S/c12-7-1-3-10(9(13)5-7)18-11-4-2-8(6-15-11)19(14,16)17/h1-6H. The summed E-state index contributed by atoms with van der Waals surface area (Å²) in [6.07, 6.45) is 1.10. The Labute approximate surface area is 124 Å². The molecule has 0 N–H and O–H groups in total. The minimum Gasteiger partial charge on any atom is -0.437 e. The first-order valence-corrected chi connectivity index (χ1v) is 7.96. The van der Waals surface area contributed by atoms with Crippen molar-refractivity contribution in [1.82, 2.24) is 4.98 Å². The fraction of sp³-hybridized carbons (Fsp3) is 0. The number of nitrogens with zero attached hydrogens (tertiary/aromatic N) is 1. The quantitative estimate of drug-likeness (QED) is 0.790. The number of halogens is 3. The van der Waals surface area contributed by atoms with Crippen molar-refractivity contribution in [2.24, 2.45) is 0 Å². The average molecular weight is 339 g/mol. The highest BCUT2D eigenvalue weighted by Crippen LogP contribution is 2.31. The van der Waals surface area contributed by atoms with E-state index in [1.54, 1.807) is 12.1 Å². The number of aromatic nitrogens is 1. The lowest BCUT2D eigenvalue weighted by molar-refractivity contribution is 0.462. The van der Waals surface area contributed by atoms with Gasteiger partial charge in [-0.2, -0.15) is 0 Å². The first kappa shape index (κ1) is 14.4. The van der Waals surface area contributed by atoms with Gasteiger partial charge in [-0.25, -0.2) is 13.4 Å². The van der Waals surface area contributed by atoms with Crippen molar-refractivity contribution in [3.05, 3.63) is 46.6 Å². The second-order valence-electron chi connectivity index (χ2n) is 3.45. The molecule has 0 aliphatic rings. The van der Waals surface area contributed by atoms with E-state index in [0.29, 0.717) is 15.8 Å². The average Bonchev–Trinajstić information content (AvgIpc) is 2.32. The van der Waals surface area contributed by atoms with Crippen LogP contribution < -0.4 is 4.74 Å². The zero-order valence-electron chi connectivity index (χ0n) is 9.18. The second-order valence-corrected chi connectivity index (χ2v) is 6.86. The smallest absolute Gasteiger partial charge is 0.262 e. The lowest BCUT2D eigenvalue weighted by Crippen LogP contribution is -1.93. The zero-order chi connectivity index (χ0) is 14.0. The predicted octanol–water partition coefficient (Wildman–Crippen LogP) is 4.11. The van der Waals surface area contributed by atoms with Crippen molar-refractivity contribution in [2.45, 2.75) is 4.90 Å². The highest BCUT2D eigenvalue weighted by molar-refractivity contribution is 8.13. The summed E-state index contributed by atoms with van der Waals surface area (Å²) in [7, 11) is 1.37. The number of hydrogen-bond acceptors (Lipinski definition) is 4. The molecule has 1 aromatic heterocycles. The van der Waals surface area contributed by atoms with Crippen LogP contribution in [0.15, 0.2) is 41.4 Å². The number of pyridine rings is 1. The van der Waals surface area contributed by atoms with Gasteiger partial charge in [0, 0.05) is 21.8 Å². The first-order valence-electron chi connectivity index (χ1n) is 4.90. The van der Waals surface area contributed by atoms with E-state index in [4.69, 9.17) is 38.6 Å². The van der Waals surface area contributed by atoms with Crippen molar-refractivity contribution in [3.63, 3.8) is 0 Å². The number of benzene rings is 1. The summed E-state index contributed by atoms with van der Waals surface area (Å²) in [4.78, 5) is 3.72. The van der Waals surface area contributed by atoms with E-state index in [1.807, 2.05) is 0 Å². The van der Waals surface area contributed by atoms with Crippen LogP contribution in [0.25, 0.3) is 0 Å². The van der Waals surface area contributed by atoms with Crippen molar-refractivity contribution < 1.29 is 13.2 Å². The molecule has 2 aromatic rings. The molecule has 0 saturated heterocycles. The van der Waals surface area contributed by atoms with Gasteiger partial charge in [-0.05, 0) is 24.3 Å². The third-order valence-electron chi connectivity index (χ3n) is 2.10. The van der Waals surface area contributed by atoms with Gasteiger partial charge < -0.3 is 4.74 Å². The van der Waals surface area contributed by atoms with Crippen LogP contribution in [-0.4, -0.2) is 13.4 Å². The number of hydrogen-bond donors (Lipinski definition) is 0. The van der Waals surface area contributed by atoms with Crippen LogP contribution in [0.5, 0.6) is 11.6 Å². The Morgan fingerprint density at radius 1 is 1.11 bits per heavy atom. The van der Waals surface area contributed by atoms with Gasteiger partial charge in [0.05, 0.1) is 11.2 Å². The molecule has 0 saturated carbocycles. The van der Waals surface area contributed by atoms with Crippen molar-refractivity contribution in [2.75, 3.05) is 0 Å². The number of rotatable bonds is 3. The molecule has 0 bridgehead atoms. The molecule has 0 fully saturated rings. The maximum Gasteiger partial charge on any atom is 0.262 e. The monoisotopic (exact) mass is 337 g/mol. The molecule has 4 nitrogen and oxygen atoms in total. The van der Waals surface area contributed by atoms with E-state index in [1.165, 1.54) is 18.2 Å². The largest absolute Gasteiger partial charge is 0.437 e. The lowest BCUT2D eigenvalue weighted by Gasteiger charge is -2.06. The van der Waals surface area contributed by atoms with Crippen molar-refractivity contribution >= 4 is 42.9 Å². The zero-order valence-corrected chi connectivity index (χ0v) is 12.3. The molecule has 0 aliphatic heterocycles. The van der Waals surface area contributed by atoms with Crippen molar-refractivity contribution in [3.8, 4) is 11.6 Å². The molecule has 1 heterocycles. The minimum absolute atomic E-state index is 0.108. The fourth-order valence-corrected chi connectivity index (χ4v) is 2.37. The van der Waals surface area contributed by atoms with E-state index in [0.717, 1.165) is 6.20 Å². The highest BCUT2D eigenvalue weighted by atomic mass is 35.7. The summed E-state index contributed by atoms with van der Waals surface area (Å²) in [5.41, 5.74) is 0. The Bertz CT molecular complexity index is 702. The molecule has 0 amide bonds. The van der Waals surface area contributed by atoms with Crippen molar-refractivity contribution in [1.29, 1.82) is 0 Å². The van der Waals surface area contributed by atoms with Crippen LogP contribution in [0.2, 0.25) is 10.0 Å². The van der Waals surface area contributed by atoms with Gasteiger partial charge in [0.25, 0.3) is 9.05 Å². The Kier molecular flexibility index (Phi) is 4.20. The number of ether oxygens (including phenoxy) is 1. The lowest BCUT2D eigenvalue weighted by atomic mass is 10.3. The van der Waals surface area contributed by atoms with E-state index < -0.39 is 9.05 Å². The molecule has 19 heavy (non-hydrogen) atoms. The minimum atomic E-state index is -3.80. The molecule has 0 unspecified atom stereocenters. The molecular weight excluding hydrogens is 333 g/mol. The Morgan fingerprint density at radius 3 is 2.37 bits per heavy atom. The van der Waals surface area contributed by atoms with Gasteiger partial charge >= 0.3 is 0 Å². The van der Waals surface area contributed by atoms with Crippen LogP contribution in [0.4, 0.5) is 0 Å².